The molecule has 0 bridgehead atoms. The summed E-state index contributed by atoms with van der Waals surface area (Å²) in [5.41, 5.74) is 14.4. The number of rotatable bonds is 23. The number of likely N-dealkylation sites (tertiary alicyclic amines) is 2. The van der Waals surface area contributed by atoms with Crippen molar-refractivity contribution in [2.45, 2.75) is 111 Å². The van der Waals surface area contributed by atoms with Crippen LogP contribution in [0.15, 0.2) is 155 Å². The smallest absolute Gasteiger partial charge is 0.226 e. The van der Waals surface area contributed by atoms with Crippen LogP contribution in [-0.2, 0) is 19.6 Å². The number of halogens is 5. The van der Waals surface area contributed by atoms with Gasteiger partial charge in [-0.05, 0) is 189 Å². The Kier molecular flexibility index (Phi) is 29.1. The first-order valence-corrected chi connectivity index (χ1v) is 44.2. The fourth-order valence-corrected chi connectivity index (χ4v) is 17.0. The minimum atomic E-state index is -0.473. The number of anilines is 3. The van der Waals surface area contributed by atoms with Crippen LogP contribution in [0.3, 0.4) is 0 Å². The molecule has 129 heavy (non-hydrogen) atoms. The van der Waals surface area contributed by atoms with Crippen molar-refractivity contribution in [2.24, 2.45) is 20.0 Å². The zero-order valence-electron chi connectivity index (χ0n) is 74.7. The summed E-state index contributed by atoms with van der Waals surface area (Å²) >= 11 is 6.75. The van der Waals surface area contributed by atoms with Crippen molar-refractivity contribution in [3.63, 3.8) is 0 Å². The van der Waals surface area contributed by atoms with Crippen LogP contribution in [0.1, 0.15) is 125 Å². The van der Waals surface area contributed by atoms with E-state index in [4.69, 9.17) is 87.8 Å². The first kappa shape index (κ1) is 91.1. The lowest BCUT2D eigenvalue weighted by Gasteiger charge is -2.34. The molecule has 12 aromatic rings. The monoisotopic (exact) mass is 1890 g/mol. The number of ether oxygens (including phenoxy) is 9. The van der Waals surface area contributed by atoms with E-state index >= 15 is 0 Å². The molecule has 3 fully saturated rings. The third-order valence-electron chi connectivity index (χ3n) is 23.5. The van der Waals surface area contributed by atoms with E-state index in [0.717, 1.165) is 148 Å². The summed E-state index contributed by atoms with van der Waals surface area (Å²) in [6.07, 6.45) is 12.3. The summed E-state index contributed by atoms with van der Waals surface area (Å²) < 4.78 is 99.8. The van der Waals surface area contributed by atoms with Crippen molar-refractivity contribution in [1.29, 1.82) is 0 Å². The molecule has 0 amide bonds. The zero-order valence-corrected chi connectivity index (χ0v) is 77.8. The van der Waals surface area contributed by atoms with Gasteiger partial charge in [-0.25, -0.2) is 43.1 Å². The number of piperidine rings is 3. The Balaban J connectivity index is 0.000000137. The van der Waals surface area contributed by atoms with Gasteiger partial charge in [0.05, 0.1) is 124 Å². The predicted octanol–water partition coefficient (Wildman–Crippen LogP) is 16.6. The van der Waals surface area contributed by atoms with Crippen LogP contribution in [-0.4, -0.2) is 221 Å². The Bertz CT molecular complexity index is 6440. The molecule has 0 saturated carbocycles. The number of aromatic nitrogens is 12. The van der Waals surface area contributed by atoms with E-state index in [1.807, 2.05) is 74.7 Å². The summed E-state index contributed by atoms with van der Waals surface area (Å²) in [6.45, 7) is 20.1. The van der Waals surface area contributed by atoms with Crippen LogP contribution in [0.4, 0.5) is 31.0 Å². The molecule has 31 nitrogen and oxygen atoms in total. The minimum absolute atomic E-state index is 0.121. The molecule has 7 aliphatic heterocycles. The molecule has 3 saturated heterocycles. The van der Waals surface area contributed by atoms with Gasteiger partial charge in [-0.2, -0.15) is 13.5 Å². The van der Waals surface area contributed by atoms with Gasteiger partial charge in [0.2, 0.25) is 17.8 Å². The van der Waals surface area contributed by atoms with Crippen LogP contribution >= 0.6 is 31.9 Å². The zero-order chi connectivity index (χ0) is 90.7. The van der Waals surface area contributed by atoms with Crippen molar-refractivity contribution in [2.75, 3.05) is 145 Å². The van der Waals surface area contributed by atoms with Crippen LogP contribution in [0.2, 0.25) is 0 Å². The number of fused-ring (bicyclic) bond motifs is 9. The highest BCUT2D eigenvalue weighted by Gasteiger charge is 2.33. The second-order valence-corrected chi connectivity index (χ2v) is 33.4. The average Bonchev–Trinajstić information content (AvgIpc) is 1.66. The Morgan fingerprint density at radius 3 is 1.17 bits per heavy atom. The largest absolute Gasteiger partial charge is 0.497 e. The number of nitrogens with one attached hydrogen (secondary N) is 4. The Labute approximate surface area is 761 Å². The van der Waals surface area contributed by atoms with Crippen LogP contribution in [0.5, 0.6) is 51.7 Å². The van der Waals surface area contributed by atoms with Gasteiger partial charge in [0.1, 0.15) is 34.5 Å². The molecule has 7 aliphatic rings. The maximum absolute atomic E-state index is 14.8. The van der Waals surface area contributed by atoms with Gasteiger partial charge >= 0.3 is 0 Å². The van der Waals surface area contributed by atoms with Gasteiger partial charge in [0.25, 0.3) is 0 Å². The quantitative estimate of drug-likeness (QED) is 0.0462. The van der Waals surface area contributed by atoms with Crippen molar-refractivity contribution in [3.8, 4) is 51.7 Å². The minimum Gasteiger partial charge on any atom is -0.497 e. The summed E-state index contributed by atoms with van der Waals surface area (Å²) in [4.78, 5) is 51.1. The molecule has 19 rings (SSSR count). The topological polar surface area (TPSA) is 316 Å². The molecule has 0 radical (unpaired) electrons. The predicted molar refractivity (Wildman–Crippen MR) is 504 cm³/mol. The van der Waals surface area contributed by atoms with Gasteiger partial charge in [-0.3, -0.25) is 20.0 Å². The number of allylic oxidation sites excluding steroid dienone is 4. The van der Waals surface area contributed by atoms with Crippen LogP contribution in [0.25, 0.3) is 49.7 Å². The lowest BCUT2D eigenvalue weighted by atomic mass is 9.96. The van der Waals surface area contributed by atoms with Crippen molar-refractivity contribution in [1.82, 2.24) is 73.9 Å². The van der Waals surface area contributed by atoms with Crippen LogP contribution < -0.4 is 63.9 Å². The second-order valence-electron chi connectivity index (χ2n) is 31.8. The molecule has 3 atom stereocenters. The standard InChI is InChI=1S/2C29H32FN7O3.C24H27FN6O3.C6H8BrN.C5H6BrN/c1-17-24(9-10-31-17)36-11-5-6-19(16-36)27-34-28-21-13-22(30)26(40-4)14-23(21)33-29(37(28)35-27)32-15-18-7-8-20(38-2)12-25(18)39-3;1-17-13-31-15-24(17)36-9-5-6-19(16-36)27-34-28-21-11-22(30)26(40-4)12-23(21)33-29(37(28)35-27)32-14-18-7-8-20(38-2)10-25(18)39-3;1-32-16-7-6-14(20(9-16)33-2)13-27-24-28-19-11-21(34-3)18(25)10-17(19)23-29-22(30-31(23)24)15-5-4-8-26-12-15;1-4-3-8-5(2)6(4)7;1-4-5(6)2-3-7-4/h7-9,12-14,19H,5-6,10-11,15-16H2,1-4H3,(H,32,33);7-8,10-12,15,19H,5-6,9,13-14,16H2,1-4H3,(H,32,33);6-7,9-11,15,26H,4-5,8,12-13H2,1-3H3,(H,27,28);3H2,1-2H3;2H,3H2,1H3/t2*19-;15-;;/m111../s1. The van der Waals surface area contributed by atoms with Gasteiger partial charge in [-0.15, -0.1) is 15.3 Å². The van der Waals surface area contributed by atoms with Crippen molar-refractivity contribution < 1.29 is 55.8 Å². The molecular weight excluding hydrogens is 1790 g/mol. The van der Waals surface area contributed by atoms with E-state index in [1.54, 1.807) is 74.4 Å². The van der Waals surface area contributed by atoms with E-state index in [-0.39, 0.29) is 35.0 Å². The maximum atomic E-state index is 14.8. The van der Waals surface area contributed by atoms with Gasteiger partial charge < -0.3 is 73.7 Å². The lowest BCUT2D eigenvalue weighted by molar-refractivity contribution is 0.264. The maximum Gasteiger partial charge on any atom is 0.226 e. The van der Waals surface area contributed by atoms with Crippen molar-refractivity contribution in [3.05, 3.63) is 186 Å². The third kappa shape index (κ3) is 20.3. The normalized spacial score (nSPS) is 17.2. The van der Waals surface area contributed by atoms with Gasteiger partial charge in [0, 0.05) is 166 Å². The number of hydrogen-bond donors (Lipinski definition) is 4. The van der Waals surface area contributed by atoms with Gasteiger partial charge in [-0.1, -0.05) is 0 Å². The molecule has 6 aromatic carbocycles. The van der Waals surface area contributed by atoms with Crippen LogP contribution in [0, 0.1) is 17.5 Å². The SMILES string of the molecule is CC1=NCC(C)=C1Br.CC1=NCC=C1Br.COc1ccc(CNc2nc3cc(OC)c(F)cc3c3nc([C@@H]4CCCN(C5=C(C)CN=C5)C4)nn23)c(OC)c1.COc1ccc(CNc2nc3cc(OC)c(F)cc3c3nc([C@@H]4CCCN(C5=CCN=C5C)C4)nn23)c(OC)c1.COc1ccc(CNc2nc3cc(OC)c(F)cc3c3nc([C@@H]4CCCNC4)nn23)c(OC)c1. The molecule has 676 valence electrons. The second kappa shape index (κ2) is 41.2. The number of methoxy groups -OCH3 is 9. The number of nitrogens with zero attached hydrogens (tertiary/aromatic N) is 18. The summed E-state index contributed by atoms with van der Waals surface area (Å²) in [5.74, 6) is 7.22. The molecular formula is C93H105Br2F3N22O9. The third-order valence-corrected chi connectivity index (χ3v) is 25.7. The van der Waals surface area contributed by atoms with Gasteiger partial charge in [0.15, 0.2) is 69.1 Å². The Hall–Kier alpha value is -12.7. The highest BCUT2D eigenvalue weighted by atomic mass is 79.9. The Morgan fingerprint density at radius 2 is 0.837 bits per heavy atom. The summed E-state index contributed by atoms with van der Waals surface area (Å²) in [6, 6.07) is 26.0. The fourth-order valence-electron chi connectivity index (χ4n) is 16.4. The first-order valence-electron chi connectivity index (χ1n) is 42.6. The van der Waals surface area contributed by atoms with E-state index in [0.29, 0.717) is 133 Å². The molecule has 13 heterocycles. The number of aliphatic imine (C=N–C) groups is 4. The molecule has 36 heteroatoms. The number of hydrogen-bond acceptors (Lipinski definition) is 28. The number of benzene rings is 6. The summed E-state index contributed by atoms with van der Waals surface area (Å²) in [5, 5.41) is 29.9. The highest BCUT2D eigenvalue weighted by Crippen LogP contribution is 2.39. The average molecular weight is 1890 g/mol. The summed E-state index contributed by atoms with van der Waals surface area (Å²) in [7, 11) is 14.0. The molecule has 0 aliphatic carbocycles. The molecule has 0 unspecified atom stereocenters. The lowest BCUT2D eigenvalue weighted by Crippen LogP contribution is -2.35. The Morgan fingerprint density at radius 1 is 0.426 bits per heavy atom. The fraction of sp³-hybridized carbons (Fsp3) is 0.387. The van der Waals surface area contributed by atoms with E-state index in [2.05, 4.69) is 116 Å². The highest BCUT2D eigenvalue weighted by molar-refractivity contribution is 9.12. The molecule has 6 aromatic heterocycles. The van der Waals surface area contributed by atoms with Crippen molar-refractivity contribution >= 4 is 123 Å². The van der Waals surface area contributed by atoms with E-state index in [1.165, 1.54) is 66.6 Å². The first-order chi connectivity index (χ1) is 62.6. The molecule has 4 N–H and O–H groups in total. The molecule has 0 spiro atoms. The van der Waals surface area contributed by atoms with E-state index < -0.39 is 17.5 Å². The van der Waals surface area contributed by atoms with E-state index in [9.17, 15) is 13.2 Å².